The summed E-state index contributed by atoms with van der Waals surface area (Å²) in [7, 11) is 2.94. The fourth-order valence-corrected chi connectivity index (χ4v) is 14.4. The molecule has 0 saturated heterocycles. The number of aliphatic hydroxyl groups excluding tert-OH is 2. The van der Waals surface area contributed by atoms with E-state index in [1.54, 1.807) is 18.2 Å². The molecule has 107 heavy (non-hydrogen) atoms. The first-order chi connectivity index (χ1) is 51.2. The number of ether oxygens (including phenoxy) is 8. The van der Waals surface area contributed by atoms with Gasteiger partial charge in [0.25, 0.3) is 0 Å². The Morgan fingerprint density at radius 3 is 1.19 bits per heavy atom. The zero-order valence-corrected chi connectivity index (χ0v) is 60.0. The molecule has 6 heterocycles. The lowest BCUT2D eigenvalue weighted by Gasteiger charge is -2.46. The number of nitrogens with one attached hydrogen (secondary N) is 3. The van der Waals surface area contributed by atoms with E-state index >= 15 is 0 Å². The highest BCUT2D eigenvalue weighted by molar-refractivity contribution is 6.08. The number of carbonyl (C=O) groups is 3. The number of hydrogen-bond acceptors (Lipinski definition) is 16. The van der Waals surface area contributed by atoms with Gasteiger partial charge in [0.1, 0.15) is 48.3 Å². The Kier molecular flexibility index (Phi) is 24.4. The van der Waals surface area contributed by atoms with Gasteiger partial charge in [-0.3, -0.25) is 14.4 Å². The highest BCUT2D eigenvalue weighted by Gasteiger charge is 2.46. The zero-order chi connectivity index (χ0) is 76.5. The van der Waals surface area contributed by atoms with Gasteiger partial charge in [-0.25, -0.2) is 0 Å². The van der Waals surface area contributed by atoms with Gasteiger partial charge >= 0.3 is 18.5 Å². The third kappa shape index (κ3) is 18.2. The predicted molar refractivity (Wildman–Crippen MR) is 388 cm³/mol. The van der Waals surface area contributed by atoms with Crippen LogP contribution >= 0.6 is 0 Å². The average Bonchev–Trinajstić information content (AvgIpc) is 0.750. The summed E-state index contributed by atoms with van der Waals surface area (Å²) >= 11 is 0. The lowest BCUT2D eigenvalue weighted by Crippen LogP contribution is -2.47. The van der Waals surface area contributed by atoms with Crippen molar-refractivity contribution in [1.29, 1.82) is 0 Å². The zero-order valence-electron chi connectivity index (χ0n) is 60.0. The van der Waals surface area contributed by atoms with Gasteiger partial charge in [0.15, 0.2) is 22.8 Å². The summed E-state index contributed by atoms with van der Waals surface area (Å²) in [6, 6.07) is 26.6. The third-order valence-corrected chi connectivity index (χ3v) is 19.9. The van der Waals surface area contributed by atoms with E-state index in [1.807, 2.05) is 57.2 Å². The van der Waals surface area contributed by atoms with Gasteiger partial charge in [0, 0.05) is 101 Å². The minimum absolute atomic E-state index is 0.0169. The average molecular weight is 1500 g/mol. The number of para-hydroxylation sites is 3. The first-order valence-electron chi connectivity index (χ1n) is 35.7. The number of amides is 3. The van der Waals surface area contributed by atoms with Crippen LogP contribution in [0.15, 0.2) is 127 Å². The van der Waals surface area contributed by atoms with E-state index in [9.17, 15) is 64.1 Å². The minimum Gasteiger partial charge on any atom is -0.487 e. The number of rotatable bonds is 19. The molecule has 0 atom stereocenters. The van der Waals surface area contributed by atoms with Crippen molar-refractivity contribution in [3.63, 3.8) is 0 Å². The molecule has 0 unspecified atom stereocenters. The number of benzene rings is 6. The van der Waals surface area contributed by atoms with Crippen LogP contribution in [0.25, 0.3) is 16.7 Å². The Bertz CT molecular complexity index is 4300. The second kappa shape index (κ2) is 33.2. The topological polar surface area (TPSA) is 211 Å². The molecule has 7 aliphatic rings. The lowest BCUT2D eigenvalue weighted by molar-refractivity contribution is -0.138. The summed E-state index contributed by atoms with van der Waals surface area (Å²) < 4.78 is 166. The van der Waals surface area contributed by atoms with Crippen molar-refractivity contribution >= 4 is 68.6 Å². The highest BCUT2D eigenvalue weighted by atomic mass is 19.4. The largest absolute Gasteiger partial charge is 0.487 e. The number of methoxy groups -OCH3 is 2. The van der Waals surface area contributed by atoms with E-state index in [2.05, 4.69) is 30.7 Å². The third-order valence-electron chi connectivity index (χ3n) is 19.9. The summed E-state index contributed by atoms with van der Waals surface area (Å²) in [6.45, 7) is 11.9. The van der Waals surface area contributed by atoms with Gasteiger partial charge in [-0.15, -0.1) is 0 Å². The van der Waals surface area contributed by atoms with Crippen LogP contribution in [-0.2, 0) is 42.4 Å². The Morgan fingerprint density at radius 1 is 0.486 bits per heavy atom. The molecule has 19 nitrogen and oxygen atoms in total. The van der Waals surface area contributed by atoms with Crippen molar-refractivity contribution in [3.05, 3.63) is 161 Å². The Hall–Kier alpha value is -9.64. The van der Waals surface area contributed by atoms with Crippen molar-refractivity contribution in [2.45, 2.75) is 120 Å². The summed E-state index contributed by atoms with van der Waals surface area (Å²) in [5.41, 5.74) is 2.60. The van der Waals surface area contributed by atoms with Gasteiger partial charge in [0.05, 0.1) is 83.7 Å². The fraction of sp³-hybridized carbons (Fsp3) is 0.430. The van der Waals surface area contributed by atoms with Gasteiger partial charge in [0.2, 0.25) is 17.7 Å². The quantitative estimate of drug-likeness (QED) is 0.0377. The van der Waals surface area contributed by atoms with Gasteiger partial charge in [-0.1, -0.05) is 50.2 Å². The maximum Gasteiger partial charge on any atom is 0.416 e. The van der Waals surface area contributed by atoms with Crippen LogP contribution in [0.3, 0.4) is 0 Å². The molecule has 13 rings (SSSR count). The Morgan fingerprint density at radius 2 is 0.841 bits per heavy atom. The molecule has 6 aliphatic heterocycles. The van der Waals surface area contributed by atoms with E-state index in [1.165, 1.54) is 50.6 Å². The first-order valence-corrected chi connectivity index (χ1v) is 35.7. The Labute approximate surface area is 614 Å². The summed E-state index contributed by atoms with van der Waals surface area (Å²) in [4.78, 5) is 45.7. The molecular weight excluding hydrogens is 1410 g/mol. The SMILES string of the molecule is CCC1(CC)C/C(=C\C(=O)Nc2cccc3c2OCCN3CCCO)c2ccc(C(F)(F)F)cc2O1.CCN1CCOc2c(NC(=O)/C=C3\CC(COC)(COC)Oc4cc(C(F)(F)F)ccc43)cccc21.O=C(/C=C1\CC2(CCC2)Oc2cc(C(F)(F)F)ccc21)Nc1cccc2c1OCCN2CCCO. The van der Waals surface area contributed by atoms with Crippen molar-refractivity contribution in [2.24, 2.45) is 0 Å². The smallest absolute Gasteiger partial charge is 0.416 e. The summed E-state index contributed by atoms with van der Waals surface area (Å²) in [5, 5.41) is 27.0. The van der Waals surface area contributed by atoms with Crippen LogP contribution in [-0.4, -0.2) is 144 Å². The molecule has 1 spiro atoms. The minimum atomic E-state index is -4.54. The first kappa shape index (κ1) is 78.4. The van der Waals surface area contributed by atoms with Crippen molar-refractivity contribution in [3.8, 4) is 34.5 Å². The number of hydrogen-bond donors (Lipinski definition) is 5. The monoisotopic (exact) mass is 1500 g/mol. The van der Waals surface area contributed by atoms with Gasteiger partial charge in [-0.05, 0) is 141 Å². The number of anilines is 6. The molecule has 3 amide bonds. The van der Waals surface area contributed by atoms with E-state index in [0.717, 1.165) is 85.8 Å². The number of nitrogens with zero attached hydrogens (tertiary/aromatic N) is 3. The number of alkyl halides is 9. The molecule has 6 aromatic rings. The standard InChI is InChI=1S/C27H31F3N2O4.C26H29F3N2O5.C26H27F3N2O4/c1-3-26(4-2)17-18(20-10-9-19(27(28,29)30)16-23(20)36-26)15-24(34)31-21-7-5-8-22-25(21)35-14-12-32(22)11-6-13-33;1-4-31-10-11-35-24-20(6-5-7-21(24)31)30-23(32)12-17-14-25(15-33-2,16-34-3)36-22-13-18(26(27,28)29)8-9-19(17)22;27-26(28,29)18-6-7-19-17(16-25(8-2-9-25)35-22(19)15-18)14-23(33)30-20-4-1-5-21-24(20)34-13-11-31(21)10-3-12-32/h5,7-10,15-16,33H,3-4,6,11-14,17H2,1-2H3,(H,31,34);5-9,12-13H,4,10-11,14-16H2,1-3H3,(H,30,32);1,4-7,14-15,32H,2-3,8-13,16H2,(H,30,33)/b18-15+;17-12+;17-14+. The van der Waals surface area contributed by atoms with E-state index in [0.29, 0.717) is 152 Å². The molecule has 0 aromatic heterocycles. The van der Waals surface area contributed by atoms with Crippen molar-refractivity contribution in [1.82, 2.24) is 0 Å². The predicted octanol–water partition coefficient (Wildman–Crippen LogP) is 15.4. The van der Waals surface area contributed by atoms with Gasteiger partial charge in [-0.2, -0.15) is 39.5 Å². The molecule has 1 saturated carbocycles. The lowest BCUT2D eigenvalue weighted by atomic mass is 9.72. The van der Waals surface area contributed by atoms with Crippen molar-refractivity contribution in [2.75, 3.05) is 130 Å². The molecule has 28 heteroatoms. The number of carbonyl (C=O) groups excluding carboxylic acids is 3. The van der Waals surface area contributed by atoms with Crippen LogP contribution in [0.2, 0.25) is 0 Å². The maximum atomic E-state index is 13.4. The number of halogens is 9. The van der Waals surface area contributed by atoms with Crippen LogP contribution in [0.5, 0.6) is 34.5 Å². The highest BCUT2D eigenvalue weighted by Crippen LogP contribution is 2.52. The molecule has 0 bridgehead atoms. The van der Waals surface area contributed by atoms with E-state index in [-0.39, 0.29) is 56.0 Å². The number of fused-ring (bicyclic) bond motifs is 6. The van der Waals surface area contributed by atoms with Crippen molar-refractivity contribution < 1.29 is 102 Å². The second-order valence-corrected chi connectivity index (χ2v) is 27.1. The van der Waals surface area contributed by atoms with Gasteiger partial charge < -0.3 is 78.8 Å². The molecule has 6 aromatic carbocycles. The maximum absolute atomic E-state index is 13.4. The molecule has 574 valence electrons. The van der Waals surface area contributed by atoms with Crippen LogP contribution < -0.4 is 59.1 Å². The number of aliphatic hydroxyl groups is 2. The molecule has 0 radical (unpaired) electrons. The molecule has 1 fully saturated rings. The van der Waals surface area contributed by atoms with Crippen LogP contribution in [0, 0.1) is 0 Å². The Balaban J connectivity index is 0.000000160. The molecular formula is C79H87F9N6O13. The van der Waals surface area contributed by atoms with E-state index in [4.69, 9.17) is 37.9 Å². The summed E-state index contributed by atoms with van der Waals surface area (Å²) in [6.07, 6.45) is -3.30. The number of likely N-dealkylation sites (N-methyl/N-ethyl adjacent to an activating group) is 1. The normalized spacial score (nSPS) is 18.2. The molecule has 5 N–H and O–H groups in total. The fourth-order valence-electron chi connectivity index (χ4n) is 14.4. The molecule has 1 aliphatic carbocycles. The summed E-state index contributed by atoms with van der Waals surface area (Å²) in [5.74, 6) is 0.829. The van der Waals surface area contributed by atoms with Crippen LogP contribution in [0.1, 0.15) is 118 Å². The van der Waals surface area contributed by atoms with Crippen LogP contribution in [0.4, 0.5) is 73.6 Å². The van der Waals surface area contributed by atoms with E-state index < -0.39 is 63.8 Å². The second-order valence-electron chi connectivity index (χ2n) is 27.1.